The largest absolute Gasteiger partial charge is 0.383 e. The Morgan fingerprint density at radius 3 is 2.53 bits per heavy atom. The standard InChI is InChI=1S/C13H25N3O/c1-5-12-11(10-14-8-9-17-4)13(6-2)16(7-3)15-12/h14H,5-10H2,1-4H3. The van der Waals surface area contributed by atoms with E-state index in [0.29, 0.717) is 0 Å². The second-order valence-corrected chi connectivity index (χ2v) is 4.06. The fourth-order valence-corrected chi connectivity index (χ4v) is 2.12. The molecule has 0 unspecified atom stereocenters. The third kappa shape index (κ3) is 3.54. The number of nitrogens with zero attached hydrogens (tertiary/aromatic N) is 2. The second-order valence-electron chi connectivity index (χ2n) is 4.06. The highest BCUT2D eigenvalue weighted by Crippen LogP contribution is 2.16. The van der Waals surface area contributed by atoms with E-state index in [1.54, 1.807) is 7.11 Å². The van der Waals surface area contributed by atoms with Gasteiger partial charge in [-0.15, -0.1) is 0 Å². The molecule has 1 N–H and O–H groups in total. The first-order chi connectivity index (χ1) is 8.28. The lowest BCUT2D eigenvalue weighted by molar-refractivity contribution is 0.199. The summed E-state index contributed by atoms with van der Waals surface area (Å²) < 4.78 is 7.17. The van der Waals surface area contributed by atoms with Crippen molar-refractivity contribution in [3.8, 4) is 0 Å². The van der Waals surface area contributed by atoms with E-state index in [-0.39, 0.29) is 0 Å². The second kappa shape index (κ2) is 7.45. The molecular formula is C13H25N3O. The van der Waals surface area contributed by atoms with Crippen LogP contribution in [0.4, 0.5) is 0 Å². The third-order valence-electron chi connectivity index (χ3n) is 3.00. The Morgan fingerprint density at radius 2 is 2.00 bits per heavy atom. The van der Waals surface area contributed by atoms with Crippen molar-refractivity contribution in [3.05, 3.63) is 17.0 Å². The van der Waals surface area contributed by atoms with E-state index in [4.69, 9.17) is 4.74 Å². The van der Waals surface area contributed by atoms with E-state index < -0.39 is 0 Å². The lowest BCUT2D eigenvalue weighted by atomic mass is 10.1. The smallest absolute Gasteiger partial charge is 0.0669 e. The maximum atomic E-state index is 5.04. The average molecular weight is 239 g/mol. The summed E-state index contributed by atoms with van der Waals surface area (Å²) >= 11 is 0. The Labute approximate surface area is 104 Å². The van der Waals surface area contributed by atoms with Crippen molar-refractivity contribution in [2.75, 3.05) is 20.3 Å². The summed E-state index contributed by atoms with van der Waals surface area (Å²) in [7, 11) is 1.73. The van der Waals surface area contributed by atoms with Crippen LogP contribution in [0.1, 0.15) is 37.7 Å². The van der Waals surface area contributed by atoms with Crippen molar-refractivity contribution >= 4 is 0 Å². The molecule has 0 saturated carbocycles. The predicted molar refractivity (Wildman–Crippen MR) is 70.2 cm³/mol. The fraction of sp³-hybridized carbons (Fsp3) is 0.769. The van der Waals surface area contributed by atoms with Gasteiger partial charge in [0.05, 0.1) is 12.3 Å². The Hall–Kier alpha value is -0.870. The Morgan fingerprint density at radius 1 is 1.24 bits per heavy atom. The third-order valence-corrected chi connectivity index (χ3v) is 3.00. The molecule has 0 aromatic carbocycles. The Bertz CT molecular complexity index is 334. The van der Waals surface area contributed by atoms with Gasteiger partial charge in [0, 0.05) is 38.0 Å². The topological polar surface area (TPSA) is 39.1 Å². The van der Waals surface area contributed by atoms with Crippen LogP contribution >= 0.6 is 0 Å². The minimum Gasteiger partial charge on any atom is -0.383 e. The number of nitrogens with one attached hydrogen (secondary N) is 1. The van der Waals surface area contributed by atoms with Gasteiger partial charge in [0.1, 0.15) is 0 Å². The SMILES string of the molecule is CCc1nn(CC)c(CC)c1CNCCOC. The highest BCUT2D eigenvalue weighted by atomic mass is 16.5. The van der Waals surface area contributed by atoms with Crippen LogP contribution in [0.2, 0.25) is 0 Å². The van der Waals surface area contributed by atoms with Gasteiger partial charge >= 0.3 is 0 Å². The van der Waals surface area contributed by atoms with Crippen molar-refractivity contribution in [2.24, 2.45) is 0 Å². The molecule has 0 spiro atoms. The van der Waals surface area contributed by atoms with Crippen LogP contribution in [0.15, 0.2) is 0 Å². The first kappa shape index (κ1) is 14.2. The molecule has 4 nitrogen and oxygen atoms in total. The first-order valence-electron chi connectivity index (χ1n) is 6.55. The van der Waals surface area contributed by atoms with Gasteiger partial charge < -0.3 is 10.1 Å². The molecule has 0 saturated heterocycles. The maximum absolute atomic E-state index is 5.04. The fourth-order valence-electron chi connectivity index (χ4n) is 2.12. The number of aryl methyl sites for hydroxylation is 2. The van der Waals surface area contributed by atoms with Crippen molar-refractivity contribution in [2.45, 2.75) is 46.7 Å². The minimum absolute atomic E-state index is 0.755. The van der Waals surface area contributed by atoms with E-state index in [1.807, 2.05) is 0 Å². The number of hydrogen-bond acceptors (Lipinski definition) is 3. The van der Waals surface area contributed by atoms with E-state index >= 15 is 0 Å². The van der Waals surface area contributed by atoms with Crippen molar-refractivity contribution in [1.82, 2.24) is 15.1 Å². The summed E-state index contributed by atoms with van der Waals surface area (Å²) in [5, 5.41) is 8.07. The van der Waals surface area contributed by atoms with Gasteiger partial charge in [-0.25, -0.2) is 0 Å². The van der Waals surface area contributed by atoms with E-state index in [0.717, 1.165) is 39.1 Å². The predicted octanol–water partition coefficient (Wildman–Crippen LogP) is 1.76. The molecule has 4 heteroatoms. The number of aromatic nitrogens is 2. The van der Waals surface area contributed by atoms with E-state index in [1.165, 1.54) is 17.0 Å². The van der Waals surface area contributed by atoms with Gasteiger partial charge in [-0.05, 0) is 19.8 Å². The van der Waals surface area contributed by atoms with Crippen LogP contribution in [0, 0.1) is 0 Å². The first-order valence-corrected chi connectivity index (χ1v) is 6.55. The molecule has 1 rings (SSSR count). The molecule has 17 heavy (non-hydrogen) atoms. The van der Waals surface area contributed by atoms with Crippen LogP contribution in [-0.4, -0.2) is 30.0 Å². The van der Waals surface area contributed by atoms with Crippen molar-refractivity contribution in [3.63, 3.8) is 0 Å². The van der Waals surface area contributed by atoms with E-state index in [2.05, 4.69) is 35.9 Å². The molecule has 0 aliphatic heterocycles. The van der Waals surface area contributed by atoms with Crippen LogP contribution in [0.5, 0.6) is 0 Å². The average Bonchev–Trinajstić information content (AvgIpc) is 2.71. The summed E-state index contributed by atoms with van der Waals surface area (Å²) in [4.78, 5) is 0. The molecule has 1 aromatic heterocycles. The Balaban J connectivity index is 2.76. The van der Waals surface area contributed by atoms with Gasteiger partial charge in [-0.3, -0.25) is 4.68 Å². The normalized spacial score (nSPS) is 11.1. The molecule has 0 fully saturated rings. The van der Waals surface area contributed by atoms with Gasteiger partial charge in [-0.1, -0.05) is 13.8 Å². The monoisotopic (exact) mass is 239 g/mol. The molecular weight excluding hydrogens is 214 g/mol. The van der Waals surface area contributed by atoms with Gasteiger partial charge in [-0.2, -0.15) is 5.10 Å². The summed E-state index contributed by atoms with van der Waals surface area (Å²) in [6.07, 6.45) is 2.05. The molecule has 0 aliphatic carbocycles. The molecule has 0 bridgehead atoms. The number of hydrogen-bond donors (Lipinski definition) is 1. The minimum atomic E-state index is 0.755. The zero-order valence-electron chi connectivity index (χ0n) is 11.5. The molecule has 98 valence electrons. The summed E-state index contributed by atoms with van der Waals surface area (Å²) in [5.74, 6) is 0. The van der Waals surface area contributed by atoms with Crippen LogP contribution < -0.4 is 5.32 Å². The number of methoxy groups -OCH3 is 1. The molecule has 0 aliphatic rings. The van der Waals surface area contributed by atoms with Gasteiger partial charge in [0.25, 0.3) is 0 Å². The summed E-state index contributed by atoms with van der Waals surface area (Å²) in [5.41, 5.74) is 3.98. The molecule has 0 atom stereocenters. The Kier molecular flexibility index (Phi) is 6.22. The molecule has 1 aromatic rings. The maximum Gasteiger partial charge on any atom is 0.0669 e. The zero-order valence-corrected chi connectivity index (χ0v) is 11.5. The number of ether oxygens (including phenoxy) is 1. The van der Waals surface area contributed by atoms with Crippen molar-refractivity contribution < 1.29 is 4.74 Å². The van der Waals surface area contributed by atoms with Gasteiger partial charge in [0.2, 0.25) is 0 Å². The van der Waals surface area contributed by atoms with Crippen LogP contribution in [-0.2, 0) is 30.7 Å². The molecule has 1 heterocycles. The van der Waals surface area contributed by atoms with Crippen LogP contribution in [0.25, 0.3) is 0 Å². The lowest BCUT2D eigenvalue weighted by Gasteiger charge is -2.07. The highest BCUT2D eigenvalue weighted by Gasteiger charge is 2.13. The quantitative estimate of drug-likeness (QED) is 0.703. The number of rotatable bonds is 8. The molecule has 0 amide bonds. The summed E-state index contributed by atoms with van der Waals surface area (Å²) in [6.45, 7) is 10.0. The molecule has 0 radical (unpaired) electrons. The van der Waals surface area contributed by atoms with Gasteiger partial charge in [0.15, 0.2) is 0 Å². The van der Waals surface area contributed by atoms with Crippen molar-refractivity contribution in [1.29, 1.82) is 0 Å². The highest BCUT2D eigenvalue weighted by molar-refractivity contribution is 5.26. The zero-order chi connectivity index (χ0) is 12.7. The lowest BCUT2D eigenvalue weighted by Crippen LogP contribution is -2.20. The van der Waals surface area contributed by atoms with Crippen LogP contribution in [0.3, 0.4) is 0 Å². The summed E-state index contributed by atoms with van der Waals surface area (Å²) in [6, 6.07) is 0. The van der Waals surface area contributed by atoms with E-state index in [9.17, 15) is 0 Å².